The number of hydrogen-bond donors (Lipinski definition) is 2. The molecule has 0 spiro atoms. The van der Waals surface area contributed by atoms with Crippen LogP contribution in [0.1, 0.15) is 26.7 Å². The molecule has 0 aliphatic rings. The van der Waals surface area contributed by atoms with Gasteiger partial charge in [-0.05, 0) is 30.5 Å². The topological polar surface area (TPSA) is 106 Å². The quantitative estimate of drug-likeness (QED) is 0.714. The summed E-state index contributed by atoms with van der Waals surface area (Å²) in [7, 11) is 0. The Hall–Kier alpha value is -2.70. The van der Waals surface area contributed by atoms with Crippen molar-refractivity contribution < 1.29 is 28.9 Å². The zero-order valence-electron chi connectivity index (χ0n) is 13.6. The van der Waals surface area contributed by atoms with Crippen LogP contribution in [-0.2, 0) is 4.79 Å². The van der Waals surface area contributed by atoms with Crippen molar-refractivity contribution >= 4 is 16.9 Å². The van der Waals surface area contributed by atoms with Crippen molar-refractivity contribution in [2.24, 2.45) is 5.92 Å². The summed E-state index contributed by atoms with van der Waals surface area (Å²) in [5.74, 6) is -1.24. The van der Waals surface area contributed by atoms with Crippen LogP contribution < -0.4 is 15.1 Å². The van der Waals surface area contributed by atoms with Crippen LogP contribution in [0, 0.1) is 5.92 Å². The average molecular weight is 336 g/mol. The molecular weight excluding hydrogens is 316 g/mol. The molecule has 0 amide bonds. The highest BCUT2D eigenvalue weighted by atomic mass is 16.5. The van der Waals surface area contributed by atoms with Crippen molar-refractivity contribution in [1.29, 1.82) is 0 Å². The molecule has 1 heterocycles. The summed E-state index contributed by atoms with van der Waals surface area (Å²) >= 11 is 0. The van der Waals surface area contributed by atoms with E-state index in [9.17, 15) is 14.7 Å². The molecule has 24 heavy (non-hydrogen) atoms. The Balaban J connectivity index is 2.31. The van der Waals surface area contributed by atoms with E-state index in [2.05, 4.69) is 6.92 Å². The van der Waals surface area contributed by atoms with Gasteiger partial charge in [0.2, 0.25) is 5.75 Å². The number of carboxylic acids is 1. The number of carbonyl (C=O) groups is 1. The molecule has 1 unspecified atom stereocenters. The second-order valence-electron chi connectivity index (χ2n) is 5.61. The fraction of sp³-hybridized carbons (Fsp3) is 0.412. The van der Waals surface area contributed by atoms with Gasteiger partial charge in [0.15, 0.2) is 12.4 Å². The fourth-order valence-electron chi connectivity index (χ4n) is 2.31. The molecule has 7 nitrogen and oxygen atoms in total. The number of ether oxygens (including phenoxy) is 2. The van der Waals surface area contributed by atoms with E-state index in [-0.39, 0.29) is 40.7 Å². The molecule has 0 aliphatic carbocycles. The predicted octanol–water partition coefficient (Wildman–Crippen LogP) is 2.78. The molecule has 130 valence electrons. The Morgan fingerprint density at radius 3 is 2.75 bits per heavy atom. The van der Waals surface area contributed by atoms with Gasteiger partial charge in [-0.25, -0.2) is 9.59 Å². The monoisotopic (exact) mass is 336 g/mol. The van der Waals surface area contributed by atoms with Crippen LogP contribution in [0.5, 0.6) is 17.2 Å². The van der Waals surface area contributed by atoms with Crippen molar-refractivity contribution in [3.05, 3.63) is 28.6 Å². The van der Waals surface area contributed by atoms with Gasteiger partial charge in [0.1, 0.15) is 11.3 Å². The van der Waals surface area contributed by atoms with E-state index in [4.69, 9.17) is 19.0 Å². The first-order chi connectivity index (χ1) is 11.4. The Bertz CT molecular complexity index is 778. The highest BCUT2D eigenvalue weighted by molar-refractivity contribution is 5.86. The Kier molecular flexibility index (Phi) is 5.68. The molecule has 2 rings (SSSR count). The number of hydrogen-bond acceptors (Lipinski definition) is 6. The van der Waals surface area contributed by atoms with Gasteiger partial charge in [-0.3, -0.25) is 0 Å². The molecular formula is C17H20O7. The maximum Gasteiger partial charge on any atom is 0.383 e. The third-order valence-corrected chi connectivity index (χ3v) is 3.47. The first-order valence-corrected chi connectivity index (χ1v) is 7.69. The van der Waals surface area contributed by atoms with Gasteiger partial charge < -0.3 is 24.1 Å². The fourth-order valence-corrected chi connectivity index (χ4v) is 2.31. The van der Waals surface area contributed by atoms with Crippen molar-refractivity contribution in [2.45, 2.75) is 26.7 Å². The first kappa shape index (κ1) is 17.7. The maximum absolute atomic E-state index is 12.0. The van der Waals surface area contributed by atoms with Crippen LogP contribution in [0.25, 0.3) is 11.0 Å². The lowest BCUT2D eigenvalue weighted by Crippen LogP contribution is -2.13. The van der Waals surface area contributed by atoms with Gasteiger partial charge in [0.05, 0.1) is 12.0 Å². The molecule has 1 aromatic heterocycles. The van der Waals surface area contributed by atoms with E-state index in [0.717, 1.165) is 12.8 Å². The minimum absolute atomic E-state index is 0.161. The number of benzene rings is 1. The van der Waals surface area contributed by atoms with Crippen LogP contribution in [0.2, 0.25) is 0 Å². The molecule has 0 aliphatic heterocycles. The molecule has 2 N–H and O–H groups in total. The Morgan fingerprint density at radius 1 is 1.33 bits per heavy atom. The van der Waals surface area contributed by atoms with Crippen molar-refractivity contribution in [1.82, 2.24) is 0 Å². The summed E-state index contributed by atoms with van der Waals surface area (Å²) in [6, 6.07) is 4.29. The lowest BCUT2D eigenvalue weighted by molar-refractivity contribution is -0.139. The second-order valence-corrected chi connectivity index (χ2v) is 5.61. The molecule has 2 aromatic rings. The third kappa shape index (κ3) is 4.18. The zero-order valence-corrected chi connectivity index (χ0v) is 13.6. The SMILES string of the molecule is CCCC(C)COc1c(O)c2cc(OCC(=O)O)ccc2oc1=O. The number of aliphatic carboxylic acids is 1. The minimum Gasteiger partial charge on any atom is -0.504 e. The lowest BCUT2D eigenvalue weighted by atomic mass is 10.1. The molecule has 0 fully saturated rings. The van der Waals surface area contributed by atoms with E-state index < -0.39 is 18.2 Å². The smallest absolute Gasteiger partial charge is 0.383 e. The summed E-state index contributed by atoms with van der Waals surface area (Å²) in [4.78, 5) is 22.5. The molecule has 0 bridgehead atoms. The van der Waals surface area contributed by atoms with Crippen LogP contribution in [0.3, 0.4) is 0 Å². The third-order valence-electron chi connectivity index (χ3n) is 3.47. The Labute approximate surface area is 138 Å². The molecule has 0 radical (unpaired) electrons. The molecule has 0 saturated carbocycles. The summed E-state index contributed by atoms with van der Waals surface area (Å²) in [6.45, 7) is 3.81. The minimum atomic E-state index is -1.12. The number of carboxylic acid groups (broad SMARTS) is 1. The predicted molar refractivity (Wildman–Crippen MR) is 86.8 cm³/mol. The lowest BCUT2D eigenvalue weighted by Gasteiger charge is -2.13. The number of rotatable bonds is 8. The second kappa shape index (κ2) is 7.72. The standard InChI is InChI=1S/C17H20O7/c1-3-4-10(2)8-23-16-15(20)12-7-11(22-9-14(18)19)5-6-13(12)24-17(16)21/h5-7,10,20H,3-4,8-9H2,1-2H3,(H,18,19). The summed E-state index contributed by atoms with van der Waals surface area (Å²) in [5, 5.41) is 19.2. The van der Waals surface area contributed by atoms with Gasteiger partial charge in [-0.15, -0.1) is 0 Å². The van der Waals surface area contributed by atoms with Crippen LogP contribution in [0.4, 0.5) is 0 Å². The van der Waals surface area contributed by atoms with Crippen LogP contribution in [-0.4, -0.2) is 29.4 Å². The maximum atomic E-state index is 12.0. The zero-order chi connectivity index (χ0) is 17.7. The van der Waals surface area contributed by atoms with Crippen molar-refractivity contribution in [3.8, 4) is 17.2 Å². The number of aromatic hydroxyl groups is 1. The highest BCUT2D eigenvalue weighted by Crippen LogP contribution is 2.34. The van der Waals surface area contributed by atoms with Gasteiger partial charge >= 0.3 is 11.6 Å². The van der Waals surface area contributed by atoms with E-state index in [0.29, 0.717) is 0 Å². The Morgan fingerprint density at radius 2 is 2.08 bits per heavy atom. The van der Waals surface area contributed by atoms with Crippen molar-refractivity contribution in [3.63, 3.8) is 0 Å². The average Bonchev–Trinajstić information content (AvgIpc) is 2.53. The van der Waals surface area contributed by atoms with E-state index >= 15 is 0 Å². The van der Waals surface area contributed by atoms with Gasteiger partial charge in [-0.1, -0.05) is 20.3 Å². The van der Waals surface area contributed by atoms with E-state index in [1.165, 1.54) is 18.2 Å². The van der Waals surface area contributed by atoms with Gasteiger partial charge in [0, 0.05) is 0 Å². The molecule has 7 heteroatoms. The molecule has 1 aromatic carbocycles. The van der Waals surface area contributed by atoms with E-state index in [1.807, 2.05) is 6.92 Å². The summed E-state index contributed by atoms with van der Waals surface area (Å²) in [5.41, 5.74) is -0.600. The van der Waals surface area contributed by atoms with Crippen molar-refractivity contribution in [2.75, 3.05) is 13.2 Å². The van der Waals surface area contributed by atoms with Crippen LogP contribution >= 0.6 is 0 Å². The van der Waals surface area contributed by atoms with Gasteiger partial charge in [0.25, 0.3) is 0 Å². The molecule has 1 atom stereocenters. The summed E-state index contributed by atoms with van der Waals surface area (Å²) < 4.78 is 15.6. The largest absolute Gasteiger partial charge is 0.504 e. The molecule has 0 saturated heterocycles. The highest BCUT2D eigenvalue weighted by Gasteiger charge is 2.17. The normalized spacial score (nSPS) is 12.1. The first-order valence-electron chi connectivity index (χ1n) is 7.69. The summed E-state index contributed by atoms with van der Waals surface area (Å²) in [6.07, 6.45) is 1.93. The van der Waals surface area contributed by atoms with Gasteiger partial charge in [-0.2, -0.15) is 0 Å². The number of fused-ring (bicyclic) bond motifs is 1. The van der Waals surface area contributed by atoms with Crippen LogP contribution in [0.15, 0.2) is 27.4 Å². The van der Waals surface area contributed by atoms with E-state index in [1.54, 1.807) is 0 Å².